The highest BCUT2D eigenvalue weighted by molar-refractivity contribution is 6.52. The third kappa shape index (κ3) is 3.13. The number of hydrogen-bond acceptors (Lipinski definition) is 3. The second kappa shape index (κ2) is 6.53. The molecule has 3 nitrogen and oxygen atoms in total. The van der Waals surface area contributed by atoms with E-state index in [2.05, 4.69) is 0 Å². The van der Waals surface area contributed by atoms with Gasteiger partial charge in [0.2, 0.25) is 11.6 Å². The van der Waals surface area contributed by atoms with Gasteiger partial charge in [-0.05, 0) is 17.7 Å². The van der Waals surface area contributed by atoms with Gasteiger partial charge in [-0.1, -0.05) is 59.6 Å². The van der Waals surface area contributed by atoms with E-state index in [0.717, 1.165) is 0 Å². The molecule has 2 rings (SSSR count). The lowest BCUT2D eigenvalue weighted by atomic mass is 9.91. The minimum Gasteiger partial charge on any atom is -0.289 e. The van der Waals surface area contributed by atoms with Crippen LogP contribution in [-0.2, 0) is 4.79 Å². The van der Waals surface area contributed by atoms with Crippen LogP contribution in [0.2, 0.25) is 10.0 Å². The molecule has 0 fully saturated rings. The van der Waals surface area contributed by atoms with Crippen LogP contribution in [-0.4, -0.2) is 11.6 Å². The first-order valence-electron chi connectivity index (χ1n) is 6.03. The summed E-state index contributed by atoms with van der Waals surface area (Å²) < 4.78 is 0. The van der Waals surface area contributed by atoms with Gasteiger partial charge >= 0.3 is 0 Å². The molecule has 0 saturated heterocycles. The third-order valence-corrected chi connectivity index (χ3v) is 3.57. The molecule has 0 heterocycles. The summed E-state index contributed by atoms with van der Waals surface area (Å²) in [6.45, 7) is 0. The molecule has 5 heteroatoms. The second-order valence-corrected chi connectivity index (χ2v) is 5.08. The summed E-state index contributed by atoms with van der Waals surface area (Å²) in [4.78, 5) is 24.6. The molecular weight excluding hydrogens is 309 g/mol. The fourth-order valence-electron chi connectivity index (χ4n) is 1.90. The minimum atomic E-state index is -1.17. The molecule has 2 aromatic carbocycles. The molecule has 0 amide bonds. The van der Waals surface area contributed by atoms with Crippen molar-refractivity contribution in [2.45, 2.75) is 5.92 Å². The van der Waals surface area contributed by atoms with Gasteiger partial charge in [-0.2, -0.15) is 5.26 Å². The summed E-state index contributed by atoms with van der Waals surface area (Å²) in [6, 6.07) is 14.8. The smallest absolute Gasteiger partial charge is 0.233 e. The Morgan fingerprint density at radius 1 is 0.952 bits per heavy atom. The van der Waals surface area contributed by atoms with Gasteiger partial charge in [0.05, 0.1) is 21.7 Å². The maximum atomic E-state index is 12.3. The fourth-order valence-corrected chi connectivity index (χ4v) is 2.47. The van der Waals surface area contributed by atoms with Crippen LogP contribution < -0.4 is 0 Å². The van der Waals surface area contributed by atoms with Crippen molar-refractivity contribution in [1.29, 1.82) is 5.26 Å². The zero-order valence-corrected chi connectivity index (χ0v) is 12.2. The summed E-state index contributed by atoms with van der Waals surface area (Å²) >= 11 is 11.8. The van der Waals surface area contributed by atoms with Crippen molar-refractivity contribution in [2.75, 3.05) is 0 Å². The van der Waals surface area contributed by atoms with Gasteiger partial charge in [-0.3, -0.25) is 9.59 Å². The van der Waals surface area contributed by atoms with E-state index in [-0.39, 0.29) is 15.6 Å². The molecule has 0 unspecified atom stereocenters. The summed E-state index contributed by atoms with van der Waals surface area (Å²) in [5, 5.41) is 9.37. The molecule has 0 N–H and O–H groups in total. The van der Waals surface area contributed by atoms with Gasteiger partial charge in [0, 0.05) is 0 Å². The summed E-state index contributed by atoms with van der Waals surface area (Å²) in [7, 11) is 0. The highest BCUT2D eigenvalue weighted by Crippen LogP contribution is 2.27. The number of hydrogen-bond donors (Lipinski definition) is 0. The first kappa shape index (κ1) is 15.2. The van der Waals surface area contributed by atoms with Crippen molar-refractivity contribution in [2.24, 2.45) is 0 Å². The molecule has 0 aliphatic heterocycles. The maximum absolute atomic E-state index is 12.3. The molecule has 21 heavy (non-hydrogen) atoms. The molecule has 0 saturated carbocycles. The van der Waals surface area contributed by atoms with Crippen LogP contribution in [0, 0.1) is 11.3 Å². The van der Waals surface area contributed by atoms with Crippen molar-refractivity contribution in [3.8, 4) is 6.07 Å². The third-order valence-electron chi connectivity index (χ3n) is 2.94. The lowest BCUT2D eigenvalue weighted by molar-refractivity contribution is -0.115. The second-order valence-electron chi connectivity index (χ2n) is 4.26. The normalized spacial score (nSPS) is 11.5. The average Bonchev–Trinajstić information content (AvgIpc) is 2.48. The van der Waals surface area contributed by atoms with Crippen molar-refractivity contribution in [3.63, 3.8) is 0 Å². The van der Waals surface area contributed by atoms with Crippen molar-refractivity contribution in [3.05, 3.63) is 69.7 Å². The fraction of sp³-hybridized carbons (Fsp3) is 0.0625. The van der Waals surface area contributed by atoms with Crippen LogP contribution in [0.15, 0.2) is 48.5 Å². The molecule has 0 aliphatic carbocycles. The number of halogens is 2. The van der Waals surface area contributed by atoms with Crippen molar-refractivity contribution >= 4 is 34.8 Å². The average molecular weight is 318 g/mol. The SMILES string of the molecule is N#C[C@@H](C(=O)C(=O)c1c(Cl)cccc1Cl)c1ccccc1. The number of benzene rings is 2. The Labute approximate surface area is 131 Å². The Bertz CT molecular complexity index is 715. The predicted octanol–water partition coefficient (Wildman–Crippen LogP) is 4.05. The van der Waals surface area contributed by atoms with Gasteiger partial charge < -0.3 is 0 Å². The largest absolute Gasteiger partial charge is 0.289 e. The Kier molecular flexibility index (Phi) is 4.74. The first-order valence-corrected chi connectivity index (χ1v) is 6.79. The van der Waals surface area contributed by atoms with E-state index in [1.807, 2.05) is 6.07 Å². The van der Waals surface area contributed by atoms with Crippen LogP contribution in [0.3, 0.4) is 0 Å². The molecule has 0 bridgehead atoms. The summed E-state index contributed by atoms with van der Waals surface area (Å²) in [5.74, 6) is -2.88. The van der Waals surface area contributed by atoms with Crippen molar-refractivity contribution < 1.29 is 9.59 Å². The van der Waals surface area contributed by atoms with Gasteiger partial charge in [0.1, 0.15) is 5.92 Å². The number of Topliss-reactive ketones (excluding diaryl/α,β-unsaturated/α-hetero) is 2. The molecule has 2 aromatic rings. The Morgan fingerprint density at radius 3 is 2.05 bits per heavy atom. The maximum Gasteiger partial charge on any atom is 0.233 e. The van der Waals surface area contributed by atoms with Crippen LogP contribution >= 0.6 is 23.2 Å². The molecule has 0 aliphatic rings. The zero-order valence-electron chi connectivity index (χ0n) is 10.7. The van der Waals surface area contributed by atoms with Crippen LogP contribution in [0.4, 0.5) is 0 Å². The number of ketones is 2. The molecule has 104 valence electrons. The quantitative estimate of drug-likeness (QED) is 0.631. The minimum absolute atomic E-state index is 0.0676. The number of carbonyl (C=O) groups excluding carboxylic acids is 2. The molecule has 0 radical (unpaired) electrons. The van der Waals surface area contributed by atoms with Gasteiger partial charge in [-0.25, -0.2) is 0 Å². The number of rotatable bonds is 4. The number of nitriles is 1. The standard InChI is InChI=1S/C16H9Cl2NO2/c17-12-7-4-8-13(18)14(12)16(21)15(20)11(9-19)10-5-2-1-3-6-10/h1-8,11H/t11-/m1/s1. The summed E-state index contributed by atoms with van der Waals surface area (Å²) in [5.41, 5.74) is 0.392. The van der Waals surface area contributed by atoms with Gasteiger partial charge in [-0.15, -0.1) is 0 Å². The van der Waals surface area contributed by atoms with E-state index < -0.39 is 17.5 Å². The van der Waals surface area contributed by atoms with Gasteiger partial charge in [0.25, 0.3) is 0 Å². The monoisotopic (exact) mass is 317 g/mol. The number of nitrogens with zero attached hydrogens (tertiary/aromatic N) is 1. The Morgan fingerprint density at radius 2 is 1.52 bits per heavy atom. The zero-order chi connectivity index (χ0) is 15.4. The molecule has 0 aromatic heterocycles. The van der Waals surface area contributed by atoms with Crippen LogP contribution in [0.1, 0.15) is 21.8 Å². The highest BCUT2D eigenvalue weighted by atomic mass is 35.5. The van der Waals surface area contributed by atoms with E-state index in [0.29, 0.717) is 5.56 Å². The Hall–Kier alpha value is -2.15. The van der Waals surface area contributed by atoms with E-state index in [1.165, 1.54) is 12.1 Å². The van der Waals surface area contributed by atoms with E-state index in [9.17, 15) is 14.9 Å². The van der Waals surface area contributed by atoms with Gasteiger partial charge in [0.15, 0.2) is 0 Å². The molecule has 0 spiro atoms. The van der Waals surface area contributed by atoms with E-state index in [1.54, 1.807) is 36.4 Å². The summed E-state index contributed by atoms with van der Waals surface area (Å²) in [6.07, 6.45) is 0. The first-order chi connectivity index (χ1) is 10.1. The van der Waals surface area contributed by atoms with Crippen LogP contribution in [0.25, 0.3) is 0 Å². The molecule has 1 atom stereocenters. The topological polar surface area (TPSA) is 57.9 Å². The van der Waals surface area contributed by atoms with Crippen molar-refractivity contribution in [1.82, 2.24) is 0 Å². The Balaban J connectivity index is 2.40. The highest BCUT2D eigenvalue weighted by Gasteiger charge is 2.30. The lowest BCUT2D eigenvalue weighted by Crippen LogP contribution is -2.22. The van der Waals surface area contributed by atoms with E-state index >= 15 is 0 Å². The number of carbonyl (C=O) groups is 2. The predicted molar refractivity (Wildman–Crippen MR) is 80.6 cm³/mol. The van der Waals surface area contributed by atoms with E-state index in [4.69, 9.17) is 23.2 Å². The lowest BCUT2D eigenvalue weighted by Gasteiger charge is -2.09. The molecular formula is C16H9Cl2NO2. The van der Waals surface area contributed by atoms with Crippen LogP contribution in [0.5, 0.6) is 0 Å².